The van der Waals surface area contributed by atoms with E-state index in [1.165, 1.54) is 11.3 Å². The molecule has 6 heteroatoms. The van der Waals surface area contributed by atoms with Gasteiger partial charge in [0.05, 0.1) is 11.2 Å². The SMILES string of the molecule is CN(CCCC(=O)O)C(=O)CCc1cscn1. The molecule has 1 rings (SSSR count). The molecule has 0 aliphatic heterocycles. The van der Waals surface area contributed by atoms with Gasteiger partial charge in [-0.15, -0.1) is 11.3 Å². The van der Waals surface area contributed by atoms with Crippen LogP contribution in [0.4, 0.5) is 0 Å². The lowest BCUT2D eigenvalue weighted by molar-refractivity contribution is -0.138. The predicted octanol–water partition coefficient (Wildman–Crippen LogP) is 1.40. The maximum absolute atomic E-state index is 11.7. The number of thiazole rings is 1. The molecule has 1 amide bonds. The summed E-state index contributed by atoms with van der Waals surface area (Å²) in [4.78, 5) is 27.7. The van der Waals surface area contributed by atoms with Crippen LogP contribution in [0.2, 0.25) is 0 Å². The van der Waals surface area contributed by atoms with E-state index < -0.39 is 5.97 Å². The second kappa shape index (κ2) is 7.01. The molecule has 1 N–H and O–H groups in total. The van der Waals surface area contributed by atoms with Crippen molar-refractivity contribution in [3.63, 3.8) is 0 Å². The Kier molecular flexibility index (Phi) is 5.62. The first-order valence-corrected chi connectivity index (χ1v) is 6.36. The normalized spacial score (nSPS) is 10.2. The van der Waals surface area contributed by atoms with Crippen LogP contribution in [0.5, 0.6) is 0 Å². The number of hydrogen-bond donors (Lipinski definition) is 1. The highest BCUT2D eigenvalue weighted by atomic mass is 32.1. The molecule has 0 unspecified atom stereocenters. The molecular formula is C11H16N2O3S. The molecule has 94 valence electrons. The van der Waals surface area contributed by atoms with Crippen LogP contribution in [0.15, 0.2) is 10.9 Å². The minimum Gasteiger partial charge on any atom is -0.481 e. The molecule has 5 nitrogen and oxygen atoms in total. The first-order chi connectivity index (χ1) is 8.09. The third kappa shape index (κ3) is 5.44. The Morgan fingerprint density at radius 2 is 2.24 bits per heavy atom. The van der Waals surface area contributed by atoms with Crippen LogP contribution < -0.4 is 0 Å². The van der Waals surface area contributed by atoms with E-state index in [9.17, 15) is 9.59 Å². The van der Waals surface area contributed by atoms with Gasteiger partial charge in [0.25, 0.3) is 0 Å². The highest BCUT2D eigenvalue weighted by molar-refractivity contribution is 7.07. The molecule has 0 aromatic carbocycles. The van der Waals surface area contributed by atoms with Crippen molar-refractivity contribution in [2.24, 2.45) is 0 Å². The summed E-state index contributed by atoms with van der Waals surface area (Å²) in [6, 6.07) is 0. The predicted molar refractivity (Wildman–Crippen MR) is 64.9 cm³/mol. The zero-order valence-corrected chi connectivity index (χ0v) is 10.6. The van der Waals surface area contributed by atoms with Crippen LogP contribution in [0.25, 0.3) is 0 Å². The summed E-state index contributed by atoms with van der Waals surface area (Å²) in [5.41, 5.74) is 2.68. The number of hydrogen-bond acceptors (Lipinski definition) is 4. The Morgan fingerprint density at radius 3 is 2.82 bits per heavy atom. The average molecular weight is 256 g/mol. The van der Waals surface area contributed by atoms with Gasteiger partial charge in [-0.1, -0.05) is 0 Å². The van der Waals surface area contributed by atoms with Crippen LogP contribution >= 0.6 is 11.3 Å². The monoisotopic (exact) mass is 256 g/mol. The Labute approximate surface area is 104 Å². The van der Waals surface area contributed by atoms with E-state index in [4.69, 9.17) is 5.11 Å². The molecule has 0 atom stereocenters. The molecule has 0 radical (unpaired) electrons. The van der Waals surface area contributed by atoms with Crippen molar-refractivity contribution in [2.45, 2.75) is 25.7 Å². The number of carbonyl (C=O) groups excluding carboxylic acids is 1. The molecule has 0 spiro atoms. The van der Waals surface area contributed by atoms with E-state index in [1.807, 2.05) is 5.38 Å². The third-order valence-corrected chi connectivity index (χ3v) is 3.02. The van der Waals surface area contributed by atoms with Gasteiger partial charge in [-0.2, -0.15) is 0 Å². The smallest absolute Gasteiger partial charge is 0.303 e. The van der Waals surface area contributed by atoms with Crippen LogP contribution in [0.3, 0.4) is 0 Å². The van der Waals surface area contributed by atoms with Crippen molar-refractivity contribution in [1.82, 2.24) is 9.88 Å². The third-order valence-electron chi connectivity index (χ3n) is 2.39. The fourth-order valence-corrected chi connectivity index (χ4v) is 1.97. The molecule has 1 aromatic heterocycles. The Bertz CT molecular complexity index is 365. The van der Waals surface area contributed by atoms with Gasteiger partial charge < -0.3 is 10.0 Å². The molecule has 0 saturated heterocycles. The van der Waals surface area contributed by atoms with Gasteiger partial charge in [-0.25, -0.2) is 4.98 Å². The fraction of sp³-hybridized carbons (Fsp3) is 0.545. The number of nitrogens with zero attached hydrogens (tertiary/aromatic N) is 2. The maximum Gasteiger partial charge on any atom is 0.303 e. The summed E-state index contributed by atoms with van der Waals surface area (Å²) in [7, 11) is 1.70. The number of carbonyl (C=O) groups is 2. The van der Waals surface area contributed by atoms with Gasteiger partial charge in [0.15, 0.2) is 0 Å². The van der Waals surface area contributed by atoms with E-state index in [0.717, 1.165) is 5.69 Å². The molecule has 1 aromatic rings. The Hall–Kier alpha value is -1.43. The average Bonchev–Trinajstić information content (AvgIpc) is 2.78. The van der Waals surface area contributed by atoms with Gasteiger partial charge in [-0.05, 0) is 12.8 Å². The van der Waals surface area contributed by atoms with Gasteiger partial charge >= 0.3 is 5.97 Å². The first-order valence-electron chi connectivity index (χ1n) is 5.42. The minimum absolute atomic E-state index is 0.0309. The number of amides is 1. The Morgan fingerprint density at radius 1 is 1.47 bits per heavy atom. The van der Waals surface area contributed by atoms with Crippen molar-refractivity contribution in [2.75, 3.05) is 13.6 Å². The summed E-state index contributed by atoms with van der Waals surface area (Å²) in [5.74, 6) is -0.795. The van der Waals surface area contributed by atoms with Gasteiger partial charge in [-0.3, -0.25) is 9.59 Å². The topological polar surface area (TPSA) is 70.5 Å². The molecule has 0 aliphatic rings. The van der Waals surface area contributed by atoms with E-state index >= 15 is 0 Å². The molecule has 0 saturated carbocycles. The van der Waals surface area contributed by atoms with Crippen molar-refractivity contribution >= 4 is 23.2 Å². The lowest BCUT2D eigenvalue weighted by Gasteiger charge is -2.16. The van der Waals surface area contributed by atoms with Gasteiger partial charge in [0, 0.05) is 31.8 Å². The summed E-state index contributed by atoms with van der Waals surface area (Å²) >= 11 is 1.52. The zero-order valence-electron chi connectivity index (χ0n) is 9.76. The molecule has 0 fully saturated rings. The van der Waals surface area contributed by atoms with Crippen molar-refractivity contribution < 1.29 is 14.7 Å². The highest BCUT2D eigenvalue weighted by Gasteiger charge is 2.09. The minimum atomic E-state index is -0.826. The molecule has 1 heterocycles. The zero-order chi connectivity index (χ0) is 12.7. The van der Waals surface area contributed by atoms with Crippen molar-refractivity contribution in [1.29, 1.82) is 0 Å². The number of aryl methyl sites for hydroxylation is 1. The summed E-state index contributed by atoms with van der Waals surface area (Å²) < 4.78 is 0. The van der Waals surface area contributed by atoms with Crippen LogP contribution in [-0.4, -0.2) is 40.5 Å². The van der Waals surface area contributed by atoms with E-state index in [2.05, 4.69) is 4.98 Å². The van der Waals surface area contributed by atoms with E-state index in [1.54, 1.807) is 17.5 Å². The fourth-order valence-electron chi connectivity index (χ4n) is 1.38. The van der Waals surface area contributed by atoms with Gasteiger partial charge in [0.1, 0.15) is 0 Å². The quantitative estimate of drug-likeness (QED) is 0.800. The molecular weight excluding hydrogens is 240 g/mol. The summed E-state index contributed by atoms with van der Waals surface area (Å²) in [6.07, 6.45) is 1.66. The van der Waals surface area contributed by atoms with Crippen LogP contribution in [0, 0.1) is 0 Å². The van der Waals surface area contributed by atoms with Gasteiger partial charge in [0.2, 0.25) is 5.91 Å². The Balaban J connectivity index is 2.20. The largest absolute Gasteiger partial charge is 0.481 e. The van der Waals surface area contributed by atoms with E-state index in [0.29, 0.717) is 25.8 Å². The number of aromatic nitrogens is 1. The van der Waals surface area contributed by atoms with Crippen LogP contribution in [0.1, 0.15) is 25.0 Å². The van der Waals surface area contributed by atoms with Crippen molar-refractivity contribution in [3.05, 3.63) is 16.6 Å². The molecule has 0 aliphatic carbocycles. The number of aliphatic carboxylic acids is 1. The summed E-state index contributed by atoms with van der Waals surface area (Å²) in [6.45, 7) is 0.488. The number of rotatable bonds is 7. The summed E-state index contributed by atoms with van der Waals surface area (Å²) in [5, 5.41) is 10.4. The second-order valence-electron chi connectivity index (χ2n) is 3.79. The molecule has 17 heavy (non-hydrogen) atoms. The standard InChI is InChI=1S/C11H16N2O3S/c1-13(6-2-3-11(15)16)10(14)5-4-9-7-17-8-12-9/h7-8H,2-6H2,1H3,(H,15,16). The maximum atomic E-state index is 11.7. The first kappa shape index (κ1) is 13.6. The lowest BCUT2D eigenvalue weighted by Crippen LogP contribution is -2.28. The molecule has 0 bridgehead atoms. The highest BCUT2D eigenvalue weighted by Crippen LogP contribution is 2.05. The van der Waals surface area contributed by atoms with Crippen molar-refractivity contribution in [3.8, 4) is 0 Å². The lowest BCUT2D eigenvalue weighted by atomic mass is 10.2. The van der Waals surface area contributed by atoms with Crippen LogP contribution in [-0.2, 0) is 16.0 Å². The second-order valence-corrected chi connectivity index (χ2v) is 4.51. The van der Waals surface area contributed by atoms with E-state index in [-0.39, 0.29) is 12.3 Å². The number of carboxylic acids is 1. The number of carboxylic acid groups (broad SMARTS) is 1.